The van der Waals surface area contributed by atoms with E-state index >= 15 is 0 Å². The summed E-state index contributed by atoms with van der Waals surface area (Å²) in [4.78, 5) is 17.5. The number of hydrogen-bond donors (Lipinski definition) is 2. The number of aromatic amines is 1. The summed E-state index contributed by atoms with van der Waals surface area (Å²) >= 11 is 0. The maximum absolute atomic E-state index is 14.3. The van der Waals surface area contributed by atoms with E-state index in [1.54, 1.807) is 6.26 Å². The minimum Gasteiger partial charge on any atom is -0.460 e. The number of allylic oxidation sites excluding steroid dienone is 1. The molecule has 5 rings (SSSR count). The van der Waals surface area contributed by atoms with Crippen molar-refractivity contribution in [3.8, 4) is 11.8 Å². The zero-order valence-corrected chi connectivity index (χ0v) is 19.5. The summed E-state index contributed by atoms with van der Waals surface area (Å²) in [7, 11) is 0. The summed E-state index contributed by atoms with van der Waals surface area (Å²) in [5.74, 6) is -0.977. The molecule has 0 spiro atoms. The van der Waals surface area contributed by atoms with Crippen LogP contribution in [-0.4, -0.2) is 28.4 Å². The first-order valence-electron chi connectivity index (χ1n) is 11.3. The molecular weight excluding hydrogens is 455 g/mol. The molecular formula is C26H26ClFN4O2. The van der Waals surface area contributed by atoms with Gasteiger partial charge in [0, 0.05) is 47.2 Å². The number of halogens is 2. The zero-order chi connectivity index (χ0) is 22.9. The lowest BCUT2D eigenvalue weighted by atomic mass is 9.89. The van der Waals surface area contributed by atoms with Gasteiger partial charge in [0.15, 0.2) is 11.6 Å². The average Bonchev–Trinajstić information content (AvgIpc) is 3.19. The van der Waals surface area contributed by atoms with Crippen LogP contribution in [0.5, 0.6) is 5.75 Å². The van der Waals surface area contributed by atoms with Crippen LogP contribution in [0.3, 0.4) is 0 Å². The van der Waals surface area contributed by atoms with Crippen LogP contribution in [0, 0.1) is 17.1 Å². The van der Waals surface area contributed by atoms with E-state index in [-0.39, 0.29) is 18.2 Å². The van der Waals surface area contributed by atoms with Gasteiger partial charge in [-0.05, 0) is 68.0 Å². The highest BCUT2D eigenvalue weighted by molar-refractivity contribution is 5.95. The maximum atomic E-state index is 14.3. The SMILES string of the molecule is Cl.N#Cc1ccc2[nH]cc(CCCN(C3=COc4c(F)ccc(C(N)=O)c4C3)C3CCC3)c2c1. The number of nitrogens with one attached hydrogen (secondary N) is 1. The van der Waals surface area contributed by atoms with Crippen LogP contribution in [0.25, 0.3) is 10.9 Å². The highest BCUT2D eigenvalue weighted by Gasteiger charge is 2.30. The molecule has 6 nitrogen and oxygen atoms in total. The van der Waals surface area contributed by atoms with Crippen LogP contribution in [0.4, 0.5) is 4.39 Å². The number of H-pyrrole nitrogens is 1. The fourth-order valence-electron chi connectivity index (χ4n) is 4.81. The number of nitriles is 1. The van der Waals surface area contributed by atoms with Gasteiger partial charge in [0.05, 0.1) is 17.3 Å². The predicted molar refractivity (Wildman–Crippen MR) is 130 cm³/mol. The molecule has 0 saturated heterocycles. The Hall–Kier alpha value is -3.50. The Morgan fingerprint density at radius 1 is 1.29 bits per heavy atom. The lowest BCUT2D eigenvalue weighted by Gasteiger charge is -2.41. The molecule has 176 valence electrons. The van der Waals surface area contributed by atoms with Crippen LogP contribution in [-0.2, 0) is 12.8 Å². The Bertz CT molecular complexity index is 1310. The molecule has 1 fully saturated rings. The molecule has 1 aliphatic carbocycles. The number of aryl methyl sites for hydroxylation is 1. The Labute approximate surface area is 203 Å². The summed E-state index contributed by atoms with van der Waals surface area (Å²) < 4.78 is 19.9. The number of nitrogens with two attached hydrogens (primary N) is 1. The van der Waals surface area contributed by atoms with E-state index in [1.807, 2.05) is 24.4 Å². The number of benzene rings is 2. The maximum Gasteiger partial charge on any atom is 0.249 e. The Morgan fingerprint density at radius 2 is 2.12 bits per heavy atom. The van der Waals surface area contributed by atoms with Gasteiger partial charge in [-0.25, -0.2) is 4.39 Å². The molecule has 2 aromatic carbocycles. The lowest BCUT2D eigenvalue weighted by molar-refractivity contribution is 0.0998. The van der Waals surface area contributed by atoms with Gasteiger partial charge in [-0.15, -0.1) is 12.4 Å². The van der Waals surface area contributed by atoms with E-state index in [2.05, 4.69) is 16.0 Å². The molecule has 0 atom stereocenters. The van der Waals surface area contributed by atoms with E-state index in [1.165, 1.54) is 24.1 Å². The quantitative estimate of drug-likeness (QED) is 0.499. The minimum absolute atomic E-state index is 0. The number of rotatable bonds is 7. The summed E-state index contributed by atoms with van der Waals surface area (Å²) in [6, 6.07) is 11.0. The smallest absolute Gasteiger partial charge is 0.249 e. The van der Waals surface area contributed by atoms with E-state index in [0.717, 1.165) is 48.8 Å². The second kappa shape index (κ2) is 9.78. The molecule has 0 unspecified atom stereocenters. The number of nitrogens with zero attached hydrogens (tertiary/aromatic N) is 2. The molecule has 0 bridgehead atoms. The highest BCUT2D eigenvalue weighted by atomic mass is 35.5. The van der Waals surface area contributed by atoms with E-state index in [4.69, 9.17) is 10.5 Å². The van der Waals surface area contributed by atoms with Crippen LogP contribution in [0.15, 0.2) is 48.5 Å². The average molecular weight is 481 g/mol. The standard InChI is InChI=1S/C26H25FN4O2.ClH/c27-23-8-7-20(26(29)32)22-12-19(15-33-25(22)23)31(18-4-1-5-18)10-2-3-17-14-30-24-9-6-16(13-28)11-21(17)24;/h6-9,11,14-15,18,30H,1-5,10,12H2,(H2,29,32);1H. The van der Waals surface area contributed by atoms with Crippen molar-refractivity contribution in [1.29, 1.82) is 5.26 Å². The van der Waals surface area contributed by atoms with Crippen LogP contribution in [0.2, 0.25) is 0 Å². The molecule has 1 amide bonds. The zero-order valence-electron chi connectivity index (χ0n) is 18.6. The van der Waals surface area contributed by atoms with Gasteiger partial charge in [-0.3, -0.25) is 4.79 Å². The number of carbonyl (C=O) groups excluding carboxylic acids is 1. The van der Waals surface area contributed by atoms with Crippen molar-refractivity contribution in [2.45, 2.75) is 44.6 Å². The number of hydrogen-bond acceptors (Lipinski definition) is 4. The van der Waals surface area contributed by atoms with Gasteiger partial charge in [0.25, 0.3) is 0 Å². The van der Waals surface area contributed by atoms with Crippen molar-refractivity contribution in [2.75, 3.05) is 6.54 Å². The molecule has 3 N–H and O–H groups in total. The van der Waals surface area contributed by atoms with Gasteiger partial charge in [-0.2, -0.15) is 5.26 Å². The third-order valence-corrected chi connectivity index (χ3v) is 6.77. The second-order valence-electron chi connectivity index (χ2n) is 8.74. The Balaban J connectivity index is 0.00000274. The monoisotopic (exact) mass is 480 g/mol. The molecule has 1 aliphatic heterocycles. The molecule has 1 saturated carbocycles. The van der Waals surface area contributed by atoms with E-state index in [9.17, 15) is 14.4 Å². The predicted octanol–water partition coefficient (Wildman–Crippen LogP) is 4.96. The van der Waals surface area contributed by atoms with E-state index in [0.29, 0.717) is 29.2 Å². The topological polar surface area (TPSA) is 95.1 Å². The first-order valence-corrected chi connectivity index (χ1v) is 11.3. The molecule has 0 radical (unpaired) electrons. The van der Waals surface area contributed by atoms with Crippen molar-refractivity contribution >= 4 is 29.2 Å². The first-order chi connectivity index (χ1) is 16.0. The van der Waals surface area contributed by atoms with Crippen LogP contribution in [0.1, 0.15) is 52.7 Å². The van der Waals surface area contributed by atoms with Crippen molar-refractivity contribution in [3.05, 3.63) is 76.6 Å². The molecule has 3 aromatic rings. The third kappa shape index (κ3) is 4.34. The summed E-state index contributed by atoms with van der Waals surface area (Å²) in [6.07, 6.45) is 9.23. The normalized spacial score (nSPS) is 14.8. The fraction of sp³-hybridized carbons (Fsp3) is 0.308. The fourth-order valence-corrected chi connectivity index (χ4v) is 4.81. The number of primary amides is 1. The van der Waals surface area contributed by atoms with Gasteiger partial charge in [0.1, 0.15) is 6.26 Å². The van der Waals surface area contributed by atoms with Crippen molar-refractivity contribution in [1.82, 2.24) is 9.88 Å². The highest BCUT2D eigenvalue weighted by Crippen LogP contribution is 2.36. The molecule has 2 heterocycles. The molecule has 34 heavy (non-hydrogen) atoms. The number of ether oxygens (including phenoxy) is 1. The molecule has 8 heteroatoms. The third-order valence-electron chi connectivity index (χ3n) is 6.77. The second-order valence-corrected chi connectivity index (χ2v) is 8.74. The van der Waals surface area contributed by atoms with Crippen LogP contribution < -0.4 is 10.5 Å². The summed E-state index contributed by atoms with van der Waals surface area (Å²) in [5.41, 5.74) is 10.2. The lowest BCUT2D eigenvalue weighted by Crippen LogP contribution is -2.41. The van der Waals surface area contributed by atoms with Gasteiger partial charge in [0.2, 0.25) is 5.91 Å². The van der Waals surface area contributed by atoms with Gasteiger partial charge in [-0.1, -0.05) is 0 Å². The number of carbonyl (C=O) groups is 1. The van der Waals surface area contributed by atoms with Crippen LogP contribution >= 0.6 is 12.4 Å². The van der Waals surface area contributed by atoms with Crippen molar-refractivity contribution in [2.24, 2.45) is 5.73 Å². The number of amides is 1. The minimum atomic E-state index is -0.581. The number of fused-ring (bicyclic) bond motifs is 2. The van der Waals surface area contributed by atoms with E-state index < -0.39 is 11.7 Å². The summed E-state index contributed by atoms with van der Waals surface area (Å²) in [5, 5.41) is 10.3. The molecule has 2 aliphatic rings. The largest absolute Gasteiger partial charge is 0.460 e. The molecule has 1 aromatic heterocycles. The number of aromatic nitrogens is 1. The van der Waals surface area contributed by atoms with Gasteiger partial charge < -0.3 is 20.4 Å². The Kier molecular flexibility index (Phi) is 6.80. The summed E-state index contributed by atoms with van der Waals surface area (Å²) in [6.45, 7) is 0.820. The Morgan fingerprint density at radius 3 is 2.82 bits per heavy atom. The van der Waals surface area contributed by atoms with Crippen molar-refractivity contribution < 1.29 is 13.9 Å². The van der Waals surface area contributed by atoms with Crippen molar-refractivity contribution in [3.63, 3.8) is 0 Å². The first kappa shape index (κ1) is 23.7. The van der Waals surface area contributed by atoms with Gasteiger partial charge >= 0.3 is 0 Å².